The topological polar surface area (TPSA) is 59.0 Å². The molecule has 152 valence electrons. The highest BCUT2D eigenvalue weighted by atomic mass is 32.2. The standard InChI is InChI=1S/C14H14F6N2O3S2/c1-26-12(22-2-4-25-5-3-22)21-27(23,24)11-7-9(13(15,16)17)6-10(8-11)14(18,19)20/h6-8H,2-5H2,1H3/b21-12-. The summed E-state index contributed by atoms with van der Waals surface area (Å²) in [6, 6.07) is 0.150. The van der Waals surface area contributed by atoms with Crippen LogP contribution in [0, 0.1) is 0 Å². The van der Waals surface area contributed by atoms with Crippen molar-refractivity contribution < 1.29 is 39.5 Å². The lowest BCUT2D eigenvalue weighted by Gasteiger charge is -2.28. The van der Waals surface area contributed by atoms with Gasteiger partial charge in [0.1, 0.15) is 0 Å². The maximum Gasteiger partial charge on any atom is 0.416 e. The van der Waals surface area contributed by atoms with E-state index in [4.69, 9.17) is 4.74 Å². The zero-order chi connectivity index (χ0) is 20.5. The summed E-state index contributed by atoms with van der Waals surface area (Å²) in [5.74, 6) is 0. The largest absolute Gasteiger partial charge is 0.416 e. The van der Waals surface area contributed by atoms with Gasteiger partial charge in [0.15, 0.2) is 5.17 Å². The number of alkyl halides is 6. The average molecular weight is 436 g/mol. The quantitative estimate of drug-likeness (QED) is 0.404. The van der Waals surface area contributed by atoms with E-state index in [2.05, 4.69) is 4.40 Å². The number of halogens is 6. The Morgan fingerprint density at radius 1 is 1.04 bits per heavy atom. The van der Waals surface area contributed by atoms with E-state index in [1.54, 1.807) is 0 Å². The predicted molar refractivity (Wildman–Crippen MR) is 87.0 cm³/mol. The third-order valence-corrected chi connectivity index (χ3v) is 5.60. The number of rotatable bonds is 2. The third-order valence-electron chi connectivity index (χ3n) is 3.52. The summed E-state index contributed by atoms with van der Waals surface area (Å²) in [4.78, 5) is 0.355. The molecule has 0 N–H and O–H groups in total. The second-order valence-electron chi connectivity index (χ2n) is 5.39. The molecule has 1 aliphatic rings. The fourth-order valence-electron chi connectivity index (χ4n) is 2.21. The Morgan fingerprint density at radius 2 is 1.52 bits per heavy atom. The van der Waals surface area contributed by atoms with Crippen molar-refractivity contribution in [2.45, 2.75) is 17.2 Å². The summed E-state index contributed by atoms with van der Waals surface area (Å²) in [7, 11) is -4.80. The molecule has 5 nitrogen and oxygen atoms in total. The monoisotopic (exact) mass is 436 g/mol. The summed E-state index contributed by atoms with van der Waals surface area (Å²) in [6.07, 6.45) is -8.80. The number of thioether (sulfide) groups is 1. The molecule has 1 aliphatic heterocycles. The number of benzene rings is 1. The summed E-state index contributed by atoms with van der Waals surface area (Å²) >= 11 is 0.914. The van der Waals surface area contributed by atoms with E-state index in [9.17, 15) is 34.8 Å². The van der Waals surface area contributed by atoms with Crippen LogP contribution in [0.2, 0.25) is 0 Å². The Labute approximate surface area is 155 Å². The van der Waals surface area contributed by atoms with Crippen LogP contribution in [0.1, 0.15) is 11.1 Å². The predicted octanol–water partition coefficient (Wildman–Crippen LogP) is 3.46. The van der Waals surface area contributed by atoms with Crippen LogP contribution < -0.4 is 0 Å². The van der Waals surface area contributed by atoms with Gasteiger partial charge < -0.3 is 9.64 Å². The zero-order valence-corrected chi connectivity index (χ0v) is 15.4. The number of hydrogen-bond donors (Lipinski definition) is 0. The van der Waals surface area contributed by atoms with Gasteiger partial charge in [-0.1, -0.05) is 11.8 Å². The molecule has 27 heavy (non-hydrogen) atoms. The molecule has 1 aromatic carbocycles. The van der Waals surface area contributed by atoms with E-state index in [1.807, 2.05) is 0 Å². The van der Waals surface area contributed by atoms with Crippen molar-refractivity contribution in [1.82, 2.24) is 4.90 Å². The Bertz CT molecular complexity index is 783. The Morgan fingerprint density at radius 3 is 1.93 bits per heavy atom. The van der Waals surface area contributed by atoms with E-state index in [0.29, 0.717) is 26.3 Å². The Balaban J connectivity index is 2.55. The minimum Gasteiger partial charge on any atom is -0.378 e. The number of morpholine rings is 1. The zero-order valence-electron chi connectivity index (χ0n) is 13.8. The highest BCUT2D eigenvalue weighted by Crippen LogP contribution is 2.37. The first-order valence-electron chi connectivity index (χ1n) is 7.36. The van der Waals surface area contributed by atoms with Crippen LogP contribution in [-0.4, -0.2) is 51.0 Å². The molecule has 0 bridgehead atoms. The highest BCUT2D eigenvalue weighted by Gasteiger charge is 2.38. The third kappa shape index (κ3) is 5.51. The molecule has 0 spiro atoms. The van der Waals surface area contributed by atoms with Crippen LogP contribution in [0.15, 0.2) is 27.5 Å². The van der Waals surface area contributed by atoms with Crippen molar-refractivity contribution in [1.29, 1.82) is 0 Å². The fraction of sp³-hybridized carbons (Fsp3) is 0.500. The van der Waals surface area contributed by atoms with Gasteiger partial charge in [0.2, 0.25) is 0 Å². The van der Waals surface area contributed by atoms with Crippen molar-refractivity contribution in [3.05, 3.63) is 29.3 Å². The molecule has 0 radical (unpaired) electrons. The Hall–Kier alpha value is -1.47. The summed E-state index contributed by atoms with van der Waals surface area (Å²) in [5, 5.41) is -0.0377. The maximum atomic E-state index is 12.9. The first kappa shape index (κ1) is 21.8. The summed E-state index contributed by atoms with van der Waals surface area (Å²) < 4.78 is 111. The number of sulfonamides is 1. The van der Waals surface area contributed by atoms with Crippen molar-refractivity contribution in [3.8, 4) is 0 Å². The van der Waals surface area contributed by atoms with Gasteiger partial charge in [-0.2, -0.15) is 34.8 Å². The number of ether oxygens (including phenoxy) is 1. The molecular weight excluding hydrogens is 422 g/mol. The first-order chi connectivity index (χ1) is 12.3. The molecule has 1 fully saturated rings. The van der Waals surface area contributed by atoms with E-state index in [0.717, 1.165) is 11.8 Å². The number of nitrogens with zero attached hydrogens (tertiary/aromatic N) is 2. The van der Waals surface area contributed by atoms with Crippen molar-refractivity contribution >= 4 is 27.0 Å². The van der Waals surface area contributed by atoms with Crippen molar-refractivity contribution in [2.24, 2.45) is 4.40 Å². The molecule has 0 unspecified atom stereocenters. The normalized spacial score (nSPS) is 17.3. The van der Waals surface area contributed by atoms with Gasteiger partial charge >= 0.3 is 12.4 Å². The Kier molecular flexibility index (Phi) is 6.37. The molecule has 13 heteroatoms. The van der Waals surface area contributed by atoms with Crippen LogP contribution in [0.5, 0.6) is 0 Å². The minimum atomic E-state index is -5.15. The molecule has 0 amide bonds. The van der Waals surface area contributed by atoms with E-state index in [-0.39, 0.29) is 23.4 Å². The summed E-state index contributed by atoms with van der Waals surface area (Å²) in [6.45, 7) is 1.18. The van der Waals surface area contributed by atoms with Gasteiger partial charge in [-0.25, -0.2) is 0 Å². The SMILES string of the molecule is CS/C(=N\S(=O)(=O)c1cc(C(F)(F)F)cc(C(F)(F)F)c1)N1CCOCC1. The van der Waals surface area contributed by atoms with Gasteiger partial charge in [0.05, 0.1) is 29.2 Å². The van der Waals surface area contributed by atoms with Gasteiger partial charge in [-0.3, -0.25) is 0 Å². The van der Waals surface area contributed by atoms with E-state index in [1.165, 1.54) is 11.2 Å². The second kappa shape index (κ2) is 7.87. The van der Waals surface area contributed by atoms with E-state index >= 15 is 0 Å². The summed E-state index contributed by atoms with van der Waals surface area (Å²) in [5.41, 5.74) is -3.44. The molecule has 1 saturated heterocycles. The lowest BCUT2D eigenvalue weighted by molar-refractivity contribution is -0.143. The molecule has 2 rings (SSSR count). The highest BCUT2D eigenvalue weighted by molar-refractivity contribution is 8.13. The molecule has 0 aromatic heterocycles. The van der Waals surface area contributed by atoms with Gasteiger partial charge in [-0.15, -0.1) is 4.40 Å². The fourth-order valence-corrected chi connectivity index (χ4v) is 4.22. The van der Waals surface area contributed by atoms with Gasteiger partial charge in [-0.05, 0) is 24.5 Å². The van der Waals surface area contributed by atoms with Crippen LogP contribution in [0.3, 0.4) is 0 Å². The molecule has 0 atom stereocenters. The number of hydrogen-bond acceptors (Lipinski definition) is 4. The molecular formula is C14H14F6N2O3S2. The minimum absolute atomic E-state index is 0.0377. The lowest BCUT2D eigenvalue weighted by atomic mass is 10.1. The van der Waals surface area contributed by atoms with Gasteiger partial charge in [0.25, 0.3) is 10.0 Å². The first-order valence-corrected chi connectivity index (χ1v) is 10.0. The van der Waals surface area contributed by atoms with Crippen molar-refractivity contribution in [3.63, 3.8) is 0 Å². The average Bonchev–Trinajstić information content (AvgIpc) is 2.58. The van der Waals surface area contributed by atoms with Crippen LogP contribution in [0.25, 0.3) is 0 Å². The van der Waals surface area contributed by atoms with Crippen LogP contribution >= 0.6 is 11.8 Å². The lowest BCUT2D eigenvalue weighted by Crippen LogP contribution is -2.39. The van der Waals surface area contributed by atoms with Crippen LogP contribution in [-0.2, 0) is 27.1 Å². The van der Waals surface area contributed by atoms with E-state index < -0.39 is 38.4 Å². The smallest absolute Gasteiger partial charge is 0.378 e. The van der Waals surface area contributed by atoms with Gasteiger partial charge in [0, 0.05) is 13.1 Å². The number of amidine groups is 1. The van der Waals surface area contributed by atoms with Crippen LogP contribution in [0.4, 0.5) is 26.3 Å². The molecule has 0 saturated carbocycles. The maximum absolute atomic E-state index is 12.9. The molecule has 1 aromatic rings. The molecule has 1 heterocycles. The van der Waals surface area contributed by atoms with Crippen molar-refractivity contribution in [2.75, 3.05) is 32.6 Å². The molecule has 0 aliphatic carbocycles. The second-order valence-corrected chi connectivity index (χ2v) is 7.77.